The molecule has 0 aliphatic carbocycles. The molecule has 52 heavy (non-hydrogen) atoms. The van der Waals surface area contributed by atoms with Gasteiger partial charge in [-0.1, -0.05) is 158 Å². The third-order valence-electron chi connectivity index (χ3n) is 10.3. The van der Waals surface area contributed by atoms with E-state index in [1.807, 2.05) is 6.07 Å². The van der Waals surface area contributed by atoms with Crippen molar-refractivity contribution in [2.45, 2.75) is 0 Å². The molecule has 2 nitrogen and oxygen atoms in total. The van der Waals surface area contributed by atoms with Crippen LogP contribution in [0.15, 0.2) is 205 Å². The summed E-state index contributed by atoms with van der Waals surface area (Å²) in [5, 5.41) is 6.94. The quantitative estimate of drug-likeness (QED) is 0.176. The Balaban J connectivity index is 1.15. The molecule has 2 heteroatoms. The summed E-state index contributed by atoms with van der Waals surface area (Å²) in [5.41, 5.74) is 12.2. The van der Waals surface area contributed by atoms with Crippen LogP contribution in [0.2, 0.25) is 0 Å². The molecule has 10 rings (SSSR count). The van der Waals surface area contributed by atoms with E-state index in [2.05, 4.69) is 199 Å². The fourth-order valence-electron chi connectivity index (χ4n) is 7.73. The fourth-order valence-corrected chi connectivity index (χ4v) is 7.73. The lowest BCUT2D eigenvalue weighted by Crippen LogP contribution is -2.10. The van der Waals surface area contributed by atoms with Crippen molar-refractivity contribution < 1.29 is 4.42 Å². The van der Waals surface area contributed by atoms with Crippen molar-refractivity contribution >= 4 is 60.5 Å². The monoisotopic (exact) mass is 663 g/mol. The van der Waals surface area contributed by atoms with Crippen molar-refractivity contribution in [2.24, 2.45) is 0 Å². The predicted octanol–water partition coefficient (Wildman–Crippen LogP) is 14.4. The first-order valence-corrected chi connectivity index (χ1v) is 17.8. The van der Waals surface area contributed by atoms with E-state index >= 15 is 0 Å². The maximum atomic E-state index is 6.66. The van der Waals surface area contributed by atoms with Gasteiger partial charge in [0.05, 0.1) is 5.69 Å². The van der Waals surface area contributed by atoms with E-state index in [0.29, 0.717) is 0 Å². The molecule has 0 fully saturated rings. The summed E-state index contributed by atoms with van der Waals surface area (Å²) in [5.74, 6) is 0. The third-order valence-corrected chi connectivity index (χ3v) is 10.3. The molecule has 1 heterocycles. The third kappa shape index (κ3) is 5.12. The van der Waals surface area contributed by atoms with Crippen molar-refractivity contribution in [3.05, 3.63) is 200 Å². The summed E-state index contributed by atoms with van der Waals surface area (Å²) in [6, 6.07) is 71.7. The molecule has 0 unspecified atom stereocenters. The summed E-state index contributed by atoms with van der Waals surface area (Å²) >= 11 is 0. The van der Waals surface area contributed by atoms with Gasteiger partial charge in [-0.25, -0.2) is 0 Å². The lowest BCUT2D eigenvalue weighted by molar-refractivity contribution is 0.672. The SMILES string of the molecule is c1ccc(-c2ccc(-c3ccc(N(c4cccc(-c5cccc6ccccc56)c4)c4cccc5ccc6c7ccccc7oc6c45)cc3)cc2)cc1. The Bertz CT molecular complexity index is 2880. The number of hydrogen-bond acceptors (Lipinski definition) is 2. The number of hydrogen-bond donors (Lipinski definition) is 0. The van der Waals surface area contributed by atoms with E-state index in [1.54, 1.807) is 0 Å². The maximum Gasteiger partial charge on any atom is 0.145 e. The summed E-state index contributed by atoms with van der Waals surface area (Å²) in [6.45, 7) is 0. The second kappa shape index (κ2) is 12.5. The molecule has 0 N–H and O–H groups in total. The topological polar surface area (TPSA) is 16.4 Å². The van der Waals surface area contributed by atoms with Gasteiger partial charge in [0.2, 0.25) is 0 Å². The smallest absolute Gasteiger partial charge is 0.145 e. The van der Waals surface area contributed by atoms with Crippen LogP contribution >= 0.6 is 0 Å². The molecule has 0 saturated carbocycles. The Morgan fingerprint density at radius 1 is 0.346 bits per heavy atom. The molecular weight excluding hydrogens is 631 g/mol. The highest BCUT2D eigenvalue weighted by atomic mass is 16.3. The molecular formula is C50H33NO. The molecule has 0 saturated heterocycles. The first-order valence-electron chi connectivity index (χ1n) is 17.8. The number of anilines is 3. The van der Waals surface area contributed by atoms with Crippen LogP contribution in [-0.4, -0.2) is 0 Å². The molecule has 0 bridgehead atoms. The highest BCUT2D eigenvalue weighted by Crippen LogP contribution is 2.45. The van der Waals surface area contributed by atoms with E-state index in [0.717, 1.165) is 49.8 Å². The van der Waals surface area contributed by atoms with Gasteiger partial charge in [0.25, 0.3) is 0 Å². The lowest BCUT2D eigenvalue weighted by Gasteiger charge is -2.27. The van der Waals surface area contributed by atoms with Gasteiger partial charge in [-0.3, -0.25) is 0 Å². The summed E-state index contributed by atoms with van der Waals surface area (Å²) in [4.78, 5) is 2.38. The Labute approximate surface area is 302 Å². The van der Waals surface area contributed by atoms with Crippen LogP contribution in [0.4, 0.5) is 17.1 Å². The molecule has 0 aliphatic rings. The Morgan fingerprint density at radius 3 is 1.75 bits per heavy atom. The average molecular weight is 664 g/mol. The average Bonchev–Trinajstić information content (AvgIpc) is 3.61. The number of benzene rings is 9. The Kier molecular flexibility index (Phi) is 7.18. The van der Waals surface area contributed by atoms with Crippen molar-refractivity contribution in [1.82, 2.24) is 0 Å². The highest BCUT2D eigenvalue weighted by molar-refractivity contribution is 6.19. The zero-order valence-corrected chi connectivity index (χ0v) is 28.4. The van der Waals surface area contributed by atoms with E-state index < -0.39 is 0 Å². The second-order valence-electron chi connectivity index (χ2n) is 13.3. The van der Waals surface area contributed by atoms with Crippen LogP contribution in [-0.2, 0) is 0 Å². The van der Waals surface area contributed by atoms with Crippen molar-refractivity contribution in [1.29, 1.82) is 0 Å². The van der Waals surface area contributed by atoms with E-state index in [1.165, 1.54) is 44.2 Å². The van der Waals surface area contributed by atoms with Crippen LogP contribution in [0, 0.1) is 0 Å². The van der Waals surface area contributed by atoms with Gasteiger partial charge in [0.1, 0.15) is 11.2 Å². The second-order valence-corrected chi connectivity index (χ2v) is 13.3. The molecule has 1 aromatic heterocycles. The van der Waals surface area contributed by atoms with Gasteiger partial charge in [0.15, 0.2) is 0 Å². The number of fused-ring (bicyclic) bond motifs is 6. The maximum absolute atomic E-state index is 6.66. The largest absolute Gasteiger partial charge is 0.455 e. The molecule has 0 spiro atoms. The minimum absolute atomic E-state index is 0.895. The van der Waals surface area contributed by atoms with Gasteiger partial charge in [0, 0.05) is 27.5 Å². The lowest BCUT2D eigenvalue weighted by atomic mass is 9.97. The van der Waals surface area contributed by atoms with Gasteiger partial charge in [-0.05, 0) is 92.0 Å². The first-order chi connectivity index (χ1) is 25.8. The number of rotatable bonds is 6. The predicted molar refractivity (Wildman–Crippen MR) is 220 cm³/mol. The van der Waals surface area contributed by atoms with Crippen LogP contribution in [0.1, 0.15) is 0 Å². The standard InChI is InChI=1S/C50H33NO/c1-2-11-34(12-3-1)35-23-25-36(26-24-35)37-27-30-41(31-28-37)51(42-17-8-16-40(33-42)44-20-9-14-38-13-4-5-18-43(38)44)47-21-10-15-39-29-32-46-45-19-6-7-22-48(45)52-50(46)49(39)47/h1-33H. The first kappa shape index (κ1) is 30.0. The van der Waals surface area contributed by atoms with Crippen LogP contribution < -0.4 is 4.90 Å². The van der Waals surface area contributed by atoms with Crippen molar-refractivity contribution in [3.63, 3.8) is 0 Å². The van der Waals surface area contributed by atoms with Gasteiger partial charge in [-0.15, -0.1) is 0 Å². The van der Waals surface area contributed by atoms with Gasteiger partial charge in [-0.2, -0.15) is 0 Å². The molecule has 0 aliphatic heterocycles. The zero-order chi connectivity index (χ0) is 34.4. The molecule has 9 aromatic carbocycles. The van der Waals surface area contributed by atoms with E-state index in [4.69, 9.17) is 4.42 Å². The minimum atomic E-state index is 0.895. The van der Waals surface area contributed by atoms with Gasteiger partial charge < -0.3 is 9.32 Å². The minimum Gasteiger partial charge on any atom is -0.455 e. The van der Waals surface area contributed by atoms with Crippen LogP contribution in [0.5, 0.6) is 0 Å². The number of furan rings is 1. The normalized spacial score (nSPS) is 11.5. The van der Waals surface area contributed by atoms with E-state index in [-0.39, 0.29) is 0 Å². The number of nitrogens with zero attached hydrogens (tertiary/aromatic N) is 1. The Morgan fingerprint density at radius 2 is 0.942 bits per heavy atom. The fraction of sp³-hybridized carbons (Fsp3) is 0. The molecule has 10 aromatic rings. The Hall–Kier alpha value is -6.90. The van der Waals surface area contributed by atoms with Crippen molar-refractivity contribution in [3.8, 4) is 33.4 Å². The molecule has 0 radical (unpaired) electrons. The number of para-hydroxylation sites is 1. The molecule has 0 amide bonds. The zero-order valence-electron chi connectivity index (χ0n) is 28.4. The van der Waals surface area contributed by atoms with Gasteiger partial charge >= 0.3 is 0 Å². The highest BCUT2D eigenvalue weighted by Gasteiger charge is 2.20. The van der Waals surface area contributed by atoms with Crippen molar-refractivity contribution in [2.75, 3.05) is 4.90 Å². The molecule has 244 valence electrons. The summed E-state index contributed by atoms with van der Waals surface area (Å²) in [7, 11) is 0. The summed E-state index contributed by atoms with van der Waals surface area (Å²) < 4.78 is 6.66. The van der Waals surface area contributed by atoms with E-state index in [9.17, 15) is 0 Å². The van der Waals surface area contributed by atoms with Crippen LogP contribution in [0.25, 0.3) is 76.9 Å². The van der Waals surface area contributed by atoms with Crippen LogP contribution in [0.3, 0.4) is 0 Å². The molecule has 0 atom stereocenters. The summed E-state index contributed by atoms with van der Waals surface area (Å²) in [6.07, 6.45) is 0.